The summed E-state index contributed by atoms with van der Waals surface area (Å²) in [5.74, 6) is 1.16. The highest BCUT2D eigenvalue weighted by Crippen LogP contribution is 2.31. The Labute approximate surface area is 136 Å². The molecule has 0 aliphatic heterocycles. The number of anilines is 1. The molecule has 0 saturated carbocycles. The molecule has 0 aliphatic carbocycles. The van der Waals surface area contributed by atoms with Gasteiger partial charge in [-0.25, -0.2) is 0 Å². The van der Waals surface area contributed by atoms with Crippen LogP contribution in [0.5, 0.6) is 11.5 Å². The minimum absolute atomic E-state index is 0.141. The monoisotopic (exact) mass is 369 g/mol. The third kappa shape index (κ3) is 4.22. The molecule has 1 aromatic carbocycles. The van der Waals surface area contributed by atoms with Crippen molar-refractivity contribution in [1.82, 2.24) is 0 Å². The molecule has 0 saturated heterocycles. The normalized spacial score (nSPS) is 10.2. The maximum Gasteiger partial charge on any atom is 0.265 e. The Hall–Kier alpha value is -1.53. The molecule has 1 N–H and O–H groups in total. The van der Waals surface area contributed by atoms with Crippen LogP contribution in [0, 0.1) is 0 Å². The molecule has 1 amide bonds. The Balaban J connectivity index is 2.16. The molecule has 2 rings (SSSR count). The molecule has 4 nitrogen and oxygen atoms in total. The van der Waals surface area contributed by atoms with E-state index in [9.17, 15) is 4.79 Å². The number of halogens is 1. The van der Waals surface area contributed by atoms with Gasteiger partial charge in [-0.1, -0.05) is 0 Å². The molecule has 1 aromatic heterocycles. The lowest BCUT2D eigenvalue weighted by Crippen LogP contribution is -2.10. The molecular formula is C15H16BrNO3S. The Kier molecular flexibility index (Phi) is 5.64. The molecule has 0 spiro atoms. The minimum atomic E-state index is -0.141. The topological polar surface area (TPSA) is 47.6 Å². The van der Waals surface area contributed by atoms with Crippen molar-refractivity contribution in [2.75, 3.05) is 18.5 Å². The number of nitrogens with one attached hydrogen (secondary N) is 1. The van der Waals surface area contributed by atoms with E-state index < -0.39 is 0 Å². The van der Waals surface area contributed by atoms with Gasteiger partial charge in [-0.15, -0.1) is 11.3 Å². The molecule has 0 bridgehead atoms. The van der Waals surface area contributed by atoms with Gasteiger partial charge in [-0.2, -0.15) is 0 Å². The molecule has 0 fully saturated rings. The Morgan fingerprint density at radius 2 is 1.86 bits per heavy atom. The Morgan fingerprint density at radius 3 is 2.48 bits per heavy atom. The maximum atomic E-state index is 12.1. The van der Waals surface area contributed by atoms with E-state index in [1.54, 1.807) is 24.3 Å². The lowest BCUT2D eigenvalue weighted by molar-refractivity contribution is 0.103. The van der Waals surface area contributed by atoms with Gasteiger partial charge in [0.15, 0.2) is 11.5 Å². The maximum absolute atomic E-state index is 12.1. The second-order valence-electron chi connectivity index (χ2n) is 4.09. The number of carbonyl (C=O) groups is 1. The van der Waals surface area contributed by atoms with Crippen LogP contribution in [0.4, 0.5) is 5.69 Å². The van der Waals surface area contributed by atoms with Gasteiger partial charge in [-0.05, 0) is 54.0 Å². The molecule has 112 valence electrons. The van der Waals surface area contributed by atoms with Crippen LogP contribution in [-0.2, 0) is 0 Å². The van der Waals surface area contributed by atoms with Crippen LogP contribution in [0.15, 0.2) is 34.1 Å². The first-order valence-corrected chi connectivity index (χ1v) is 8.21. The fourth-order valence-electron chi connectivity index (χ4n) is 1.76. The highest BCUT2D eigenvalue weighted by atomic mass is 79.9. The molecule has 0 atom stereocenters. The predicted octanol–water partition coefficient (Wildman–Crippen LogP) is 4.56. The predicted molar refractivity (Wildman–Crippen MR) is 88.8 cm³/mol. The van der Waals surface area contributed by atoms with E-state index in [0.29, 0.717) is 35.3 Å². The molecule has 0 radical (unpaired) electrons. The third-order valence-corrected chi connectivity index (χ3v) is 4.22. The minimum Gasteiger partial charge on any atom is -0.490 e. The Morgan fingerprint density at radius 1 is 1.14 bits per heavy atom. The van der Waals surface area contributed by atoms with Gasteiger partial charge in [0.05, 0.1) is 21.9 Å². The highest BCUT2D eigenvalue weighted by molar-refractivity contribution is 9.11. The van der Waals surface area contributed by atoms with E-state index in [1.165, 1.54) is 11.3 Å². The number of carbonyl (C=O) groups excluding carboxylic acids is 1. The van der Waals surface area contributed by atoms with Crippen molar-refractivity contribution in [2.24, 2.45) is 0 Å². The summed E-state index contributed by atoms with van der Waals surface area (Å²) in [6.45, 7) is 4.93. The van der Waals surface area contributed by atoms with E-state index in [2.05, 4.69) is 21.2 Å². The molecule has 6 heteroatoms. The van der Waals surface area contributed by atoms with E-state index in [0.717, 1.165) is 3.79 Å². The summed E-state index contributed by atoms with van der Waals surface area (Å²) in [6.07, 6.45) is 0. The smallest absolute Gasteiger partial charge is 0.265 e. The quantitative estimate of drug-likeness (QED) is 0.811. The number of amides is 1. The van der Waals surface area contributed by atoms with E-state index >= 15 is 0 Å². The zero-order chi connectivity index (χ0) is 15.2. The second-order valence-corrected chi connectivity index (χ2v) is 6.55. The van der Waals surface area contributed by atoms with Crippen molar-refractivity contribution >= 4 is 38.9 Å². The SMILES string of the molecule is CCOc1ccc(NC(=O)c2ccc(Br)s2)cc1OCC. The molecule has 0 aliphatic rings. The van der Waals surface area contributed by atoms with Gasteiger partial charge in [0.25, 0.3) is 5.91 Å². The van der Waals surface area contributed by atoms with Crippen molar-refractivity contribution in [1.29, 1.82) is 0 Å². The van der Waals surface area contributed by atoms with Crippen LogP contribution in [0.25, 0.3) is 0 Å². The van der Waals surface area contributed by atoms with Crippen LogP contribution in [0.3, 0.4) is 0 Å². The van der Waals surface area contributed by atoms with E-state index in [-0.39, 0.29) is 5.91 Å². The van der Waals surface area contributed by atoms with Crippen LogP contribution in [0.1, 0.15) is 23.5 Å². The summed E-state index contributed by atoms with van der Waals surface area (Å²) < 4.78 is 12.0. The number of thiophene rings is 1. The van der Waals surface area contributed by atoms with Gasteiger partial charge in [0, 0.05) is 11.8 Å². The molecule has 21 heavy (non-hydrogen) atoms. The van der Waals surface area contributed by atoms with Gasteiger partial charge in [0.2, 0.25) is 0 Å². The molecule has 0 unspecified atom stereocenters. The van der Waals surface area contributed by atoms with Crippen LogP contribution < -0.4 is 14.8 Å². The number of benzene rings is 1. The van der Waals surface area contributed by atoms with Gasteiger partial charge in [0.1, 0.15) is 0 Å². The zero-order valence-electron chi connectivity index (χ0n) is 11.8. The van der Waals surface area contributed by atoms with Gasteiger partial charge >= 0.3 is 0 Å². The number of rotatable bonds is 6. The van der Waals surface area contributed by atoms with Crippen LogP contribution >= 0.6 is 27.3 Å². The number of hydrogen-bond acceptors (Lipinski definition) is 4. The number of ether oxygens (including phenoxy) is 2. The van der Waals surface area contributed by atoms with Gasteiger partial charge < -0.3 is 14.8 Å². The first-order chi connectivity index (χ1) is 10.1. The molecular weight excluding hydrogens is 354 g/mol. The fourth-order valence-corrected chi connectivity index (χ4v) is 3.04. The largest absolute Gasteiger partial charge is 0.490 e. The Bertz CT molecular complexity index is 627. The summed E-state index contributed by atoms with van der Waals surface area (Å²) >= 11 is 4.74. The van der Waals surface area contributed by atoms with Crippen LogP contribution in [-0.4, -0.2) is 19.1 Å². The second kappa shape index (κ2) is 7.47. The van der Waals surface area contributed by atoms with Gasteiger partial charge in [-0.3, -0.25) is 4.79 Å². The van der Waals surface area contributed by atoms with Crippen LogP contribution in [0.2, 0.25) is 0 Å². The standard InChI is InChI=1S/C15H16BrNO3S/c1-3-19-11-6-5-10(9-12(11)20-4-2)17-15(18)13-7-8-14(16)21-13/h5-9H,3-4H2,1-2H3,(H,17,18). The lowest BCUT2D eigenvalue weighted by atomic mass is 10.2. The highest BCUT2D eigenvalue weighted by Gasteiger charge is 2.11. The van der Waals surface area contributed by atoms with Crippen molar-refractivity contribution < 1.29 is 14.3 Å². The molecule has 2 aromatic rings. The zero-order valence-corrected chi connectivity index (χ0v) is 14.2. The van der Waals surface area contributed by atoms with Crippen molar-refractivity contribution in [3.63, 3.8) is 0 Å². The summed E-state index contributed by atoms with van der Waals surface area (Å²) in [7, 11) is 0. The van der Waals surface area contributed by atoms with Crippen molar-refractivity contribution in [2.45, 2.75) is 13.8 Å². The van der Waals surface area contributed by atoms with Crippen molar-refractivity contribution in [3.05, 3.63) is 39.0 Å². The van der Waals surface area contributed by atoms with E-state index in [4.69, 9.17) is 9.47 Å². The van der Waals surface area contributed by atoms with E-state index in [1.807, 2.05) is 19.9 Å². The number of hydrogen-bond donors (Lipinski definition) is 1. The summed E-state index contributed by atoms with van der Waals surface area (Å²) in [6, 6.07) is 9.00. The average Bonchev–Trinajstić information content (AvgIpc) is 2.89. The average molecular weight is 370 g/mol. The summed E-state index contributed by atoms with van der Waals surface area (Å²) in [5, 5.41) is 2.85. The first-order valence-electron chi connectivity index (χ1n) is 6.60. The third-order valence-electron chi connectivity index (χ3n) is 2.60. The molecule has 1 heterocycles. The lowest BCUT2D eigenvalue weighted by Gasteiger charge is -2.12. The first kappa shape index (κ1) is 15.9. The van der Waals surface area contributed by atoms with Crippen molar-refractivity contribution in [3.8, 4) is 11.5 Å². The summed E-state index contributed by atoms with van der Waals surface area (Å²) in [5.41, 5.74) is 0.677. The fraction of sp³-hybridized carbons (Fsp3) is 0.267. The summed E-state index contributed by atoms with van der Waals surface area (Å²) in [4.78, 5) is 12.8.